The first kappa shape index (κ1) is 12.6. The van der Waals surface area contributed by atoms with Gasteiger partial charge < -0.3 is 9.17 Å². The minimum atomic E-state index is -3.78. The van der Waals surface area contributed by atoms with Crippen LogP contribution in [0.2, 0.25) is 0 Å². The summed E-state index contributed by atoms with van der Waals surface area (Å²) in [5.74, 6) is -0.786. The maximum absolute atomic E-state index is 13.3. The summed E-state index contributed by atoms with van der Waals surface area (Å²) >= 11 is 0. The third kappa shape index (κ3) is 2.35. The van der Waals surface area contributed by atoms with Crippen LogP contribution in [-0.4, -0.2) is 19.7 Å². The van der Waals surface area contributed by atoms with E-state index in [2.05, 4.69) is 9.17 Å². The lowest BCUT2D eigenvalue weighted by Crippen LogP contribution is -2.14. The highest BCUT2D eigenvalue weighted by atomic mass is 32.2. The summed E-state index contributed by atoms with van der Waals surface area (Å²) in [6, 6.07) is 2.52. The van der Waals surface area contributed by atoms with E-state index in [0.717, 1.165) is 12.5 Å². The van der Waals surface area contributed by atoms with E-state index in [9.17, 15) is 17.6 Å². The van der Waals surface area contributed by atoms with Crippen molar-refractivity contribution < 1.29 is 17.0 Å². The monoisotopic (exact) mass is 271 g/mol. The summed E-state index contributed by atoms with van der Waals surface area (Å²) in [7, 11) is -3.78. The zero-order chi connectivity index (χ0) is 13.5. The lowest BCUT2D eigenvalue weighted by molar-refractivity contribution is 0.490. The number of hydrogen-bond donors (Lipinski definition) is 1. The van der Waals surface area contributed by atoms with Crippen molar-refractivity contribution >= 4 is 21.0 Å². The summed E-state index contributed by atoms with van der Waals surface area (Å²) in [5.41, 5.74) is -0.0225. The Balaban J connectivity index is 2.72. The molecule has 1 N–H and O–H groups in total. The van der Waals surface area contributed by atoms with Crippen LogP contribution in [0.3, 0.4) is 0 Å². The summed E-state index contributed by atoms with van der Waals surface area (Å²) in [6.45, 7) is 1.51. The number of aromatic nitrogens is 1. The van der Waals surface area contributed by atoms with Crippen molar-refractivity contribution in [1.29, 1.82) is 0 Å². The molecule has 0 atom stereocenters. The highest BCUT2D eigenvalue weighted by Crippen LogP contribution is 2.17. The Labute approximate surface area is 102 Å². The average Bonchev–Trinajstić information content (AvgIpc) is 2.24. The van der Waals surface area contributed by atoms with Gasteiger partial charge in [0.25, 0.3) is 0 Å². The van der Waals surface area contributed by atoms with Gasteiger partial charge in [-0.3, -0.25) is 4.79 Å². The summed E-state index contributed by atoms with van der Waals surface area (Å²) in [5, 5.41) is 0.176. The largest absolute Gasteiger partial charge is 0.377 e. The predicted molar refractivity (Wildman–Crippen MR) is 64.7 cm³/mol. The Morgan fingerprint density at radius 2 is 2.00 bits per heavy atom. The number of H-pyrrole nitrogens is 1. The third-order valence-electron chi connectivity index (χ3n) is 2.37. The number of aromatic amines is 1. The molecule has 18 heavy (non-hydrogen) atoms. The Bertz CT molecular complexity index is 779. The van der Waals surface area contributed by atoms with E-state index >= 15 is 0 Å². The van der Waals surface area contributed by atoms with Crippen molar-refractivity contribution in [2.45, 2.75) is 6.92 Å². The lowest BCUT2D eigenvalue weighted by atomic mass is 10.1. The Morgan fingerprint density at radius 3 is 2.61 bits per heavy atom. The van der Waals surface area contributed by atoms with Gasteiger partial charge in [-0.2, -0.15) is 8.42 Å². The van der Waals surface area contributed by atoms with E-state index in [0.29, 0.717) is 5.56 Å². The second kappa shape index (κ2) is 4.09. The molecule has 96 valence electrons. The molecule has 0 aliphatic carbocycles. The van der Waals surface area contributed by atoms with Crippen LogP contribution >= 0.6 is 0 Å². The first-order valence-electron chi connectivity index (χ1n) is 4.99. The molecule has 7 heteroatoms. The van der Waals surface area contributed by atoms with Crippen LogP contribution in [0.4, 0.5) is 4.39 Å². The predicted octanol–water partition coefficient (Wildman–Crippen LogP) is 1.31. The second-order valence-corrected chi connectivity index (χ2v) is 5.49. The molecule has 0 unspecified atom stereocenters. The molecular weight excluding hydrogens is 261 g/mol. The topological polar surface area (TPSA) is 76.2 Å². The first-order chi connectivity index (χ1) is 8.28. The maximum atomic E-state index is 13.3. The van der Waals surface area contributed by atoms with Gasteiger partial charge in [0.2, 0.25) is 11.2 Å². The molecule has 2 rings (SSSR count). The zero-order valence-electron chi connectivity index (χ0n) is 9.65. The van der Waals surface area contributed by atoms with Gasteiger partial charge in [-0.15, -0.1) is 0 Å². The van der Waals surface area contributed by atoms with Gasteiger partial charge in [-0.25, -0.2) is 4.39 Å². The van der Waals surface area contributed by atoms with Crippen molar-refractivity contribution in [3.63, 3.8) is 0 Å². The third-order valence-corrected chi connectivity index (χ3v) is 2.85. The molecular formula is C11H10FNO4S. The number of fused-ring (bicyclic) bond motifs is 1. The van der Waals surface area contributed by atoms with E-state index in [-0.39, 0.29) is 16.7 Å². The van der Waals surface area contributed by atoms with Crippen LogP contribution in [0.15, 0.2) is 23.1 Å². The highest BCUT2D eigenvalue weighted by Gasteiger charge is 2.12. The number of halogens is 1. The second-order valence-electron chi connectivity index (χ2n) is 3.92. The van der Waals surface area contributed by atoms with Crippen molar-refractivity contribution in [2.24, 2.45) is 0 Å². The van der Waals surface area contributed by atoms with Crippen LogP contribution < -0.4 is 9.61 Å². The fourth-order valence-corrected chi connectivity index (χ4v) is 2.01. The maximum Gasteiger partial charge on any atom is 0.306 e. The van der Waals surface area contributed by atoms with Gasteiger partial charge in [0.15, 0.2) is 0 Å². The smallest absolute Gasteiger partial charge is 0.306 e. The highest BCUT2D eigenvalue weighted by molar-refractivity contribution is 7.86. The van der Waals surface area contributed by atoms with Gasteiger partial charge in [0.1, 0.15) is 5.82 Å². The zero-order valence-corrected chi connectivity index (χ0v) is 10.5. The number of nitrogens with one attached hydrogen (secondary N) is 1. The minimum Gasteiger partial charge on any atom is -0.377 e. The number of aryl methyl sites for hydroxylation is 1. The van der Waals surface area contributed by atoms with E-state index in [1.54, 1.807) is 0 Å². The van der Waals surface area contributed by atoms with Crippen LogP contribution in [0, 0.1) is 12.7 Å². The molecule has 0 radical (unpaired) electrons. The van der Waals surface area contributed by atoms with Crippen molar-refractivity contribution in [2.75, 3.05) is 6.26 Å². The van der Waals surface area contributed by atoms with Crippen molar-refractivity contribution in [1.82, 2.24) is 4.98 Å². The average molecular weight is 271 g/mol. The first-order valence-corrected chi connectivity index (χ1v) is 6.80. The quantitative estimate of drug-likeness (QED) is 0.836. The van der Waals surface area contributed by atoms with E-state index < -0.39 is 21.4 Å². The Morgan fingerprint density at radius 1 is 1.33 bits per heavy atom. The van der Waals surface area contributed by atoms with E-state index in [1.807, 2.05) is 0 Å². The minimum absolute atomic E-state index is 0.176. The molecule has 2 aromatic rings. The molecule has 0 fully saturated rings. The molecule has 0 aliphatic rings. The number of hydrogen-bond acceptors (Lipinski definition) is 4. The fourth-order valence-electron chi connectivity index (χ4n) is 1.56. The van der Waals surface area contributed by atoms with Crippen LogP contribution in [0.25, 0.3) is 10.9 Å². The lowest BCUT2D eigenvalue weighted by Gasteiger charge is -2.05. The normalized spacial score (nSPS) is 11.7. The molecule has 1 aromatic heterocycles. The number of benzene rings is 1. The van der Waals surface area contributed by atoms with Gasteiger partial charge in [0.05, 0.1) is 11.8 Å². The van der Waals surface area contributed by atoms with Crippen LogP contribution in [0.5, 0.6) is 5.75 Å². The molecule has 0 saturated heterocycles. The molecule has 1 heterocycles. The van der Waals surface area contributed by atoms with Gasteiger partial charge in [-0.05, 0) is 24.6 Å². The van der Waals surface area contributed by atoms with Gasteiger partial charge in [0, 0.05) is 11.6 Å². The fraction of sp³-hybridized carbons (Fsp3) is 0.182. The van der Waals surface area contributed by atoms with Gasteiger partial charge >= 0.3 is 10.1 Å². The Kier molecular flexibility index (Phi) is 2.86. The molecule has 0 spiro atoms. The summed E-state index contributed by atoms with van der Waals surface area (Å²) < 4.78 is 39.8. The Hall–Kier alpha value is -1.89. The molecule has 0 saturated carbocycles. The van der Waals surface area contributed by atoms with E-state index in [1.165, 1.54) is 19.1 Å². The molecule has 1 aromatic carbocycles. The molecule has 0 aliphatic heterocycles. The van der Waals surface area contributed by atoms with E-state index in [4.69, 9.17) is 0 Å². The van der Waals surface area contributed by atoms with Gasteiger partial charge in [-0.1, -0.05) is 0 Å². The number of rotatable bonds is 2. The summed E-state index contributed by atoms with van der Waals surface area (Å²) in [6.07, 6.45) is 1.94. The standard InChI is InChI=1S/C11H10FNO4S/c1-6-3-7-9(4-8(6)12)13-5-10(11(7)14)17-18(2,15)16/h3-5H,1-2H3,(H,13,14). The van der Waals surface area contributed by atoms with Crippen molar-refractivity contribution in [3.05, 3.63) is 39.9 Å². The SMILES string of the molecule is Cc1cc2c(=O)c(OS(C)(=O)=O)c[nH]c2cc1F. The van der Waals surface area contributed by atoms with Crippen molar-refractivity contribution in [3.8, 4) is 5.75 Å². The summed E-state index contributed by atoms with van der Waals surface area (Å²) in [4.78, 5) is 14.6. The molecule has 0 bridgehead atoms. The van der Waals surface area contributed by atoms with Crippen LogP contribution in [0.1, 0.15) is 5.56 Å². The van der Waals surface area contributed by atoms with Crippen LogP contribution in [-0.2, 0) is 10.1 Å². The molecule has 5 nitrogen and oxygen atoms in total. The number of pyridine rings is 1. The molecule has 0 amide bonds.